The fraction of sp³-hybridized carbons (Fsp3) is 0.111. The normalized spacial score (nSPS) is 10.4. The zero-order valence-electron chi connectivity index (χ0n) is 7.16. The summed E-state index contributed by atoms with van der Waals surface area (Å²) in [6, 6.07) is 6.48. The highest BCUT2D eigenvalue weighted by atomic mass is 32.1. The molecule has 0 radical (unpaired) electrons. The van der Waals surface area contributed by atoms with Crippen molar-refractivity contribution >= 4 is 12.2 Å². The molecular weight excluding hydrogens is 203 g/mol. The molecule has 1 N–H and O–H groups in total. The van der Waals surface area contributed by atoms with Crippen LogP contribution in [0.15, 0.2) is 28.7 Å². The Balaban J connectivity index is 2.27. The summed E-state index contributed by atoms with van der Waals surface area (Å²) in [7, 11) is 0. The maximum absolute atomic E-state index is 13.2. The van der Waals surface area contributed by atoms with Crippen molar-refractivity contribution in [3.8, 4) is 0 Å². The van der Waals surface area contributed by atoms with Crippen molar-refractivity contribution in [2.24, 2.45) is 0 Å². The number of aromatic nitrogens is 2. The first-order chi connectivity index (χ1) is 6.75. The van der Waals surface area contributed by atoms with Crippen molar-refractivity contribution in [3.05, 3.63) is 46.4 Å². The third kappa shape index (κ3) is 1.88. The van der Waals surface area contributed by atoms with Gasteiger partial charge in [0.25, 0.3) is 4.84 Å². The number of nitrogens with one attached hydrogen (secondary N) is 1. The van der Waals surface area contributed by atoms with Crippen LogP contribution in [0.5, 0.6) is 0 Å². The molecule has 0 atom stereocenters. The zero-order chi connectivity index (χ0) is 9.97. The molecule has 1 heterocycles. The van der Waals surface area contributed by atoms with Crippen LogP contribution in [-0.2, 0) is 6.42 Å². The quantitative estimate of drug-likeness (QED) is 0.774. The minimum atomic E-state index is -0.267. The zero-order valence-corrected chi connectivity index (χ0v) is 7.97. The van der Waals surface area contributed by atoms with Crippen molar-refractivity contribution in [1.82, 2.24) is 10.2 Å². The van der Waals surface area contributed by atoms with Crippen molar-refractivity contribution in [2.45, 2.75) is 6.42 Å². The molecule has 0 aliphatic rings. The molecule has 0 saturated carbocycles. The van der Waals surface area contributed by atoms with Gasteiger partial charge in [-0.1, -0.05) is 18.2 Å². The van der Waals surface area contributed by atoms with Gasteiger partial charge in [0.2, 0.25) is 5.89 Å². The second-order valence-electron chi connectivity index (χ2n) is 2.78. The molecule has 0 aliphatic carbocycles. The molecular formula is C9H7FN2OS. The van der Waals surface area contributed by atoms with E-state index in [0.29, 0.717) is 17.9 Å². The summed E-state index contributed by atoms with van der Waals surface area (Å²) in [6.45, 7) is 0. The predicted octanol–water partition coefficient (Wildman–Crippen LogP) is 2.46. The molecule has 0 spiro atoms. The van der Waals surface area contributed by atoms with E-state index in [4.69, 9.17) is 16.6 Å². The van der Waals surface area contributed by atoms with Crippen LogP contribution in [0.3, 0.4) is 0 Å². The Kier molecular flexibility index (Phi) is 2.41. The average Bonchev–Trinajstić information content (AvgIpc) is 2.56. The van der Waals surface area contributed by atoms with Crippen molar-refractivity contribution in [3.63, 3.8) is 0 Å². The van der Waals surface area contributed by atoms with Crippen molar-refractivity contribution < 1.29 is 8.81 Å². The molecule has 5 heteroatoms. The highest BCUT2D eigenvalue weighted by molar-refractivity contribution is 7.71. The van der Waals surface area contributed by atoms with Crippen LogP contribution < -0.4 is 0 Å². The summed E-state index contributed by atoms with van der Waals surface area (Å²) in [5.74, 6) is 0.122. The van der Waals surface area contributed by atoms with Crippen LogP contribution in [0.1, 0.15) is 11.5 Å². The predicted molar refractivity (Wildman–Crippen MR) is 50.9 cm³/mol. The van der Waals surface area contributed by atoms with Gasteiger partial charge in [-0.2, -0.15) is 0 Å². The number of nitrogens with zero attached hydrogens (tertiary/aromatic N) is 1. The van der Waals surface area contributed by atoms with E-state index in [-0.39, 0.29) is 10.7 Å². The van der Waals surface area contributed by atoms with Crippen LogP contribution in [0, 0.1) is 10.7 Å². The number of H-pyrrole nitrogens is 1. The maximum Gasteiger partial charge on any atom is 0.284 e. The minimum absolute atomic E-state index is 0.205. The molecule has 0 amide bonds. The van der Waals surface area contributed by atoms with Crippen LogP contribution in [0.25, 0.3) is 0 Å². The molecule has 1 aromatic carbocycles. The van der Waals surface area contributed by atoms with Crippen LogP contribution in [0.2, 0.25) is 0 Å². The van der Waals surface area contributed by atoms with E-state index in [2.05, 4.69) is 10.2 Å². The molecule has 2 rings (SSSR count). The van der Waals surface area contributed by atoms with Gasteiger partial charge >= 0.3 is 0 Å². The Morgan fingerprint density at radius 3 is 2.86 bits per heavy atom. The molecule has 72 valence electrons. The highest BCUT2D eigenvalue weighted by Crippen LogP contribution is 2.10. The van der Waals surface area contributed by atoms with E-state index in [1.165, 1.54) is 6.07 Å². The van der Waals surface area contributed by atoms with Gasteiger partial charge in [-0.3, -0.25) is 0 Å². The largest absolute Gasteiger partial charge is 0.414 e. The Morgan fingerprint density at radius 2 is 2.21 bits per heavy atom. The lowest BCUT2D eigenvalue weighted by molar-refractivity contribution is 0.487. The van der Waals surface area contributed by atoms with E-state index < -0.39 is 0 Å². The van der Waals surface area contributed by atoms with Gasteiger partial charge < -0.3 is 4.42 Å². The molecule has 0 fully saturated rings. The Bertz CT molecular complexity index is 491. The lowest BCUT2D eigenvalue weighted by Gasteiger charge is -1.97. The van der Waals surface area contributed by atoms with E-state index in [1.54, 1.807) is 18.2 Å². The van der Waals surface area contributed by atoms with Gasteiger partial charge in [-0.25, -0.2) is 9.49 Å². The molecule has 0 saturated heterocycles. The first-order valence-corrected chi connectivity index (χ1v) is 4.44. The summed E-state index contributed by atoms with van der Waals surface area (Å²) in [4.78, 5) is 0.205. The first kappa shape index (κ1) is 9.08. The minimum Gasteiger partial charge on any atom is -0.414 e. The van der Waals surface area contributed by atoms with Gasteiger partial charge in [0.15, 0.2) is 0 Å². The van der Waals surface area contributed by atoms with Crippen LogP contribution in [-0.4, -0.2) is 10.2 Å². The van der Waals surface area contributed by atoms with Gasteiger partial charge in [0.05, 0.1) is 6.42 Å². The van der Waals surface area contributed by atoms with E-state index in [0.717, 1.165) is 0 Å². The number of hydrogen-bond donors (Lipinski definition) is 1. The van der Waals surface area contributed by atoms with Gasteiger partial charge in [-0.15, -0.1) is 5.10 Å². The highest BCUT2D eigenvalue weighted by Gasteiger charge is 2.05. The number of hydrogen-bond acceptors (Lipinski definition) is 3. The summed E-state index contributed by atoms with van der Waals surface area (Å²) < 4.78 is 18.2. The summed E-state index contributed by atoms with van der Waals surface area (Å²) in [5.41, 5.74) is 0.540. The molecule has 3 nitrogen and oxygen atoms in total. The number of aromatic amines is 1. The van der Waals surface area contributed by atoms with E-state index in [1.807, 2.05) is 0 Å². The molecule has 14 heavy (non-hydrogen) atoms. The van der Waals surface area contributed by atoms with Crippen LogP contribution >= 0.6 is 12.2 Å². The van der Waals surface area contributed by atoms with Crippen LogP contribution in [0.4, 0.5) is 4.39 Å². The van der Waals surface area contributed by atoms with Crippen molar-refractivity contribution in [1.29, 1.82) is 0 Å². The Labute approximate surface area is 84.6 Å². The topological polar surface area (TPSA) is 41.8 Å². The second-order valence-corrected chi connectivity index (χ2v) is 3.15. The molecule has 0 aliphatic heterocycles. The number of benzene rings is 1. The fourth-order valence-electron chi connectivity index (χ4n) is 1.14. The standard InChI is InChI=1S/C9H7FN2OS/c10-7-4-2-1-3-6(7)5-8-11-12-9(14)13-8/h1-4H,5H2,(H,12,14). The summed E-state index contributed by atoms with van der Waals surface area (Å²) >= 11 is 4.70. The van der Waals surface area contributed by atoms with Gasteiger partial charge in [-0.05, 0) is 23.8 Å². The Morgan fingerprint density at radius 1 is 1.43 bits per heavy atom. The summed E-state index contributed by atoms with van der Waals surface area (Å²) in [5, 5.41) is 6.27. The van der Waals surface area contributed by atoms with E-state index in [9.17, 15) is 4.39 Å². The Hall–Kier alpha value is -1.49. The van der Waals surface area contributed by atoms with E-state index >= 15 is 0 Å². The monoisotopic (exact) mass is 210 g/mol. The third-order valence-corrected chi connectivity index (χ3v) is 1.96. The lowest BCUT2D eigenvalue weighted by Crippen LogP contribution is -1.92. The molecule has 0 bridgehead atoms. The lowest BCUT2D eigenvalue weighted by atomic mass is 10.1. The van der Waals surface area contributed by atoms with Crippen molar-refractivity contribution in [2.75, 3.05) is 0 Å². The molecule has 2 aromatic rings. The fourth-order valence-corrected chi connectivity index (χ4v) is 1.28. The number of rotatable bonds is 2. The average molecular weight is 210 g/mol. The maximum atomic E-state index is 13.2. The second kappa shape index (κ2) is 3.71. The SMILES string of the molecule is Fc1ccccc1Cc1n[nH]c(=S)o1. The van der Waals surface area contributed by atoms with Gasteiger partial charge in [0.1, 0.15) is 5.82 Å². The molecule has 1 aromatic heterocycles. The third-order valence-electron chi connectivity index (χ3n) is 1.78. The first-order valence-electron chi connectivity index (χ1n) is 4.03. The molecule has 0 unspecified atom stereocenters. The number of halogens is 1. The summed E-state index contributed by atoms with van der Waals surface area (Å²) in [6.07, 6.45) is 0.305. The smallest absolute Gasteiger partial charge is 0.284 e. The van der Waals surface area contributed by atoms with Gasteiger partial charge in [0, 0.05) is 0 Å².